The first-order valence-electron chi connectivity index (χ1n) is 6.91. The predicted octanol–water partition coefficient (Wildman–Crippen LogP) is 2.24. The van der Waals surface area contributed by atoms with Crippen molar-refractivity contribution in [2.75, 3.05) is 0 Å². The number of nitrogens with one attached hydrogen (secondary N) is 1. The van der Waals surface area contributed by atoms with E-state index in [0.717, 1.165) is 16.7 Å². The monoisotopic (exact) mass is 293 g/mol. The molecule has 0 saturated carbocycles. The van der Waals surface area contributed by atoms with Crippen LogP contribution in [0.1, 0.15) is 17.3 Å². The zero-order valence-electron chi connectivity index (χ0n) is 12.1. The summed E-state index contributed by atoms with van der Waals surface area (Å²) in [7, 11) is 0. The number of hydrogen-bond acceptors (Lipinski definition) is 4. The van der Waals surface area contributed by atoms with Crippen molar-refractivity contribution in [2.45, 2.75) is 13.5 Å². The molecule has 0 unspecified atom stereocenters. The van der Waals surface area contributed by atoms with Crippen LogP contribution in [-0.4, -0.2) is 26.6 Å². The highest BCUT2D eigenvalue weighted by molar-refractivity contribution is 5.95. The molecule has 2 aromatic carbocycles. The van der Waals surface area contributed by atoms with Crippen molar-refractivity contribution in [1.29, 1.82) is 0 Å². The highest BCUT2D eigenvalue weighted by atomic mass is 16.2. The molecule has 1 aromatic heterocycles. The number of hydrogen-bond donors (Lipinski definition) is 1. The summed E-state index contributed by atoms with van der Waals surface area (Å²) in [6.45, 7) is 2.30. The van der Waals surface area contributed by atoms with Gasteiger partial charge in [0.05, 0.1) is 17.8 Å². The first-order valence-corrected chi connectivity index (χ1v) is 6.91. The molecular formula is C16H15N5O. The molecule has 6 heteroatoms. The number of carbonyl (C=O) groups is 1. The largest absolute Gasteiger partial charge is 0.271 e. The Balaban J connectivity index is 1.69. The van der Waals surface area contributed by atoms with Crippen molar-refractivity contribution in [2.24, 2.45) is 5.10 Å². The van der Waals surface area contributed by atoms with Gasteiger partial charge >= 0.3 is 0 Å². The number of rotatable bonds is 4. The Labute approximate surface area is 127 Å². The fourth-order valence-electron chi connectivity index (χ4n) is 2.09. The third kappa shape index (κ3) is 3.01. The lowest BCUT2D eigenvalue weighted by Crippen LogP contribution is -2.20. The summed E-state index contributed by atoms with van der Waals surface area (Å²) in [4.78, 5) is 11.9. The van der Waals surface area contributed by atoms with Crippen molar-refractivity contribution in [3.8, 4) is 0 Å². The van der Waals surface area contributed by atoms with E-state index in [2.05, 4.69) is 20.8 Å². The third-order valence-corrected chi connectivity index (χ3v) is 3.18. The van der Waals surface area contributed by atoms with Crippen LogP contribution in [0.25, 0.3) is 11.0 Å². The summed E-state index contributed by atoms with van der Waals surface area (Å²) in [6, 6.07) is 16.7. The molecule has 0 fully saturated rings. The molecule has 0 aliphatic heterocycles. The van der Waals surface area contributed by atoms with E-state index in [1.54, 1.807) is 16.8 Å². The van der Waals surface area contributed by atoms with E-state index in [0.29, 0.717) is 12.1 Å². The number of carbonyl (C=O) groups excluding carboxylic acids is 1. The SMILES string of the molecule is C/C(Cn1nnc2ccccc21)=N\NC(=O)c1ccccc1. The van der Waals surface area contributed by atoms with Crippen LogP contribution in [0.5, 0.6) is 0 Å². The number of amides is 1. The van der Waals surface area contributed by atoms with Crippen LogP contribution in [0, 0.1) is 0 Å². The van der Waals surface area contributed by atoms with Crippen LogP contribution < -0.4 is 5.43 Å². The van der Waals surface area contributed by atoms with Gasteiger partial charge in [0.1, 0.15) is 5.52 Å². The number of hydrazone groups is 1. The zero-order chi connectivity index (χ0) is 15.4. The predicted molar refractivity (Wildman–Crippen MR) is 84.5 cm³/mol. The van der Waals surface area contributed by atoms with E-state index in [-0.39, 0.29) is 5.91 Å². The molecule has 0 aliphatic rings. The van der Waals surface area contributed by atoms with Crippen molar-refractivity contribution in [1.82, 2.24) is 20.4 Å². The molecule has 1 amide bonds. The van der Waals surface area contributed by atoms with Gasteiger partial charge in [-0.25, -0.2) is 10.1 Å². The highest BCUT2D eigenvalue weighted by Gasteiger charge is 2.06. The maximum absolute atomic E-state index is 11.9. The maximum atomic E-state index is 11.9. The number of aromatic nitrogens is 3. The Hall–Kier alpha value is -3.02. The molecule has 3 aromatic rings. The third-order valence-electron chi connectivity index (χ3n) is 3.18. The molecule has 110 valence electrons. The molecule has 0 atom stereocenters. The van der Waals surface area contributed by atoms with Gasteiger partial charge in [0.2, 0.25) is 0 Å². The molecule has 1 N–H and O–H groups in total. The molecule has 1 heterocycles. The minimum absolute atomic E-state index is 0.233. The van der Waals surface area contributed by atoms with Gasteiger partial charge in [-0.3, -0.25) is 4.79 Å². The minimum Gasteiger partial charge on any atom is -0.267 e. The number of nitrogens with zero attached hydrogens (tertiary/aromatic N) is 4. The maximum Gasteiger partial charge on any atom is 0.271 e. The second kappa shape index (κ2) is 6.17. The number of fused-ring (bicyclic) bond motifs is 1. The van der Waals surface area contributed by atoms with Gasteiger partial charge in [0.15, 0.2) is 0 Å². The Kier molecular flexibility index (Phi) is 3.91. The highest BCUT2D eigenvalue weighted by Crippen LogP contribution is 2.09. The second-order valence-corrected chi connectivity index (χ2v) is 4.89. The van der Waals surface area contributed by atoms with E-state index in [9.17, 15) is 4.79 Å². The van der Waals surface area contributed by atoms with E-state index in [1.807, 2.05) is 49.4 Å². The molecule has 0 spiro atoms. The summed E-state index contributed by atoms with van der Waals surface area (Å²) >= 11 is 0. The van der Waals surface area contributed by atoms with Gasteiger partial charge in [-0.2, -0.15) is 5.10 Å². The number of benzene rings is 2. The van der Waals surface area contributed by atoms with Crippen molar-refractivity contribution < 1.29 is 4.79 Å². The summed E-state index contributed by atoms with van der Waals surface area (Å²) in [6.07, 6.45) is 0. The van der Waals surface area contributed by atoms with Crippen LogP contribution >= 0.6 is 0 Å². The molecule has 3 rings (SSSR count). The van der Waals surface area contributed by atoms with Crippen molar-refractivity contribution in [3.63, 3.8) is 0 Å². The zero-order valence-corrected chi connectivity index (χ0v) is 12.1. The van der Waals surface area contributed by atoms with E-state index in [4.69, 9.17) is 0 Å². The summed E-state index contributed by atoms with van der Waals surface area (Å²) in [5.74, 6) is -0.233. The Morgan fingerprint density at radius 3 is 2.68 bits per heavy atom. The molecule has 0 bridgehead atoms. The van der Waals surface area contributed by atoms with Crippen LogP contribution in [0.15, 0.2) is 59.7 Å². The van der Waals surface area contributed by atoms with Crippen LogP contribution in [0.3, 0.4) is 0 Å². The Bertz CT molecular complexity index is 823. The van der Waals surface area contributed by atoms with Gasteiger partial charge in [-0.1, -0.05) is 35.5 Å². The Morgan fingerprint density at radius 2 is 1.86 bits per heavy atom. The minimum atomic E-state index is -0.233. The normalized spacial score (nSPS) is 11.6. The molecule has 6 nitrogen and oxygen atoms in total. The summed E-state index contributed by atoms with van der Waals surface area (Å²) < 4.78 is 1.75. The topological polar surface area (TPSA) is 72.2 Å². The molecule has 0 saturated heterocycles. The lowest BCUT2D eigenvalue weighted by atomic mass is 10.2. The lowest BCUT2D eigenvalue weighted by molar-refractivity contribution is 0.0954. The second-order valence-electron chi connectivity index (χ2n) is 4.89. The van der Waals surface area contributed by atoms with Gasteiger partial charge in [-0.05, 0) is 31.2 Å². The first kappa shape index (κ1) is 13.9. The van der Waals surface area contributed by atoms with Gasteiger partial charge in [0, 0.05) is 5.56 Å². The van der Waals surface area contributed by atoms with Crippen LogP contribution in [0.4, 0.5) is 0 Å². The van der Waals surface area contributed by atoms with Crippen LogP contribution in [-0.2, 0) is 6.54 Å². The molecule has 0 radical (unpaired) electrons. The lowest BCUT2D eigenvalue weighted by Gasteiger charge is -2.03. The molecule has 0 aliphatic carbocycles. The first-order chi connectivity index (χ1) is 10.7. The average Bonchev–Trinajstić information content (AvgIpc) is 2.97. The van der Waals surface area contributed by atoms with Gasteiger partial charge in [-0.15, -0.1) is 5.10 Å². The summed E-state index contributed by atoms with van der Waals surface area (Å²) in [5.41, 5.74) is 5.63. The number of para-hydroxylation sites is 1. The summed E-state index contributed by atoms with van der Waals surface area (Å²) in [5, 5.41) is 12.3. The molecule has 22 heavy (non-hydrogen) atoms. The Morgan fingerprint density at radius 1 is 1.14 bits per heavy atom. The van der Waals surface area contributed by atoms with Gasteiger partial charge in [0.25, 0.3) is 5.91 Å². The fourth-order valence-corrected chi connectivity index (χ4v) is 2.09. The van der Waals surface area contributed by atoms with Crippen molar-refractivity contribution in [3.05, 3.63) is 60.2 Å². The van der Waals surface area contributed by atoms with Crippen LogP contribution in [0.2, 0.25) is 0 Å². The molecular weight excluding hydrogens is 278 g/mol. The van der Waals surface area contributed by atoms with Crippen molar-refractivity contribution >= 4 is 22.7 Å². The van der Waals surface area contributed by atoms with E-state index in [1.165, 1.54) is 0 Å². The average molecular weight is 293 g/mol. The smallest absolute Gasteiger partial charge is 0.267 e. The van der Waals surface area contributed by atoms with Gasteiger partial charge < -0.3 is 0 Å². The van der Waals surface area contributed by atoms with E-state index >= 15 is 0 Å². The van der Waals surface area contributed by atoms with E-state index < -0.39 is 0 Å². The fraction of sp³-hybridized carbons (Fsp3) is 0.125. The standard InChI is InChI=1S/C16H15N5O/c1-12(17-19-16(22)13-7-3-2-4-8-13)11-21-15-10-6-5-9-14(15)18-20-21/h2-10H,11H2,1H3,(H,19,22)/b17-12+. The quantitative estimate of drug-likeness (QED) is 0.592.